The van der Waals surface area contributed by atoms with Crippen molar-refractivity contribution in [1.29, 1.82) is 0 Å². The van der Waals surface area contributed by atoms with Gasteiger partial charge in [0.1, 0.15) is 11.5 Å². The van der Waals surface area contributed by atoms with E-state index in [2.05, 4.69) is 10.3 Å². The fourth-order valence-corrected chi connectivity index (χ4v) is 3.34. The van der Waals surface area contributed by atoms with Gasteiger partial charge >= 0.3 is 0 Å². The summed E-state index contributed by atoms with van der Waals surface area (Å²) in [5.74, 6) is -0.196. The molecule has 1 aliphatic heterocycles. The number of halogens is 1. The first kappa shape index (κ1) is 18.5. The van der Waals surface area contributed by atoms with Crippen molar-refractivity contribution < 1.29 is 9.18 Å². The standard InChI is InChI=1S/C19H26FN5O/c1-13-6-7-15(20)9-16(13)18(26)24-8-4-5-14(10-24)11-25-12-17(22-23-25)19(2,3)21/h6-7,9,12,14H,4-5,8,10-11,21H2,1-3H3. The highest BCUT2D eigenvalue weighted by molar-refractivity contribution is 5.95. The summed E-state index contributed by atoms with van der Waals surface area (Å²) >= 11 is 0. The van der Waals surface area contributed by atoms with E-state index in [9.17, 15) is 9.18 Å². The van der Waals surface area contributed by atoms with Gasteiger partial charge in [-0.2, -0.15) is 0 Å². The minimum Gasteiger partial charge on any atom is -0.338 e. The number of benzene rings is 1. The molecule has 2 heterocycles. The molecule has 1 aromatic heterocycles. The lowest BCUT2D eigenvalue weighted by atomic mass is 9.96. The van der Waals surface area contributed by atoms with E-state index in [0.717, 1.165) is 24.1 Å². The second kappa shape index (κ2) is 7.15. The second-order valence-electron chi connectivity index (χ2n) is 7.77. The Kier molecular flexibility index (Phi) is 5.09. The first-order chi connectivity index (χ1) is 12.2. The third kappa shape index (κ3) is 4.09. The molecule has 1 aliphatic rings. The third-order valence-electron chi connectivity index (χ3n) is 4.88. The van der Waals surface area contributed by atoms with Crippen molar-refractivity contribution in [2.75, 3.05) is 13.1 Å². The SMILES string of the molecule is Cc1ccc(F)cc1C(=O)N1CCCC(Cn2cc(C(C)(C)N)nn2)C1. The van der Waals surface area contributed by atoms with Crippen LogP contribution in [0.5, 0.6) is 0 Å². The van der Waals surface area contributed by atoms with Gasteiger partial charge in [0, 0.05) is 25.2 Å². The van der Waals surface area contributed by atoms with Crippen LogP contribution in [0.2, 0.25) is 0 Å². The van der Waals surface area contributed by atoms with Crippen LogP contribution in [-0.4, -0.2) is 38.9 Å². The zero-order valence-electron chi connectivity index (χ0n) is 15.6. The minimum absolute atomic E-state index is 0.103. The summed E-state index contributed by atoms with van der Waals surface area (Å²) < 4.78 is 15.3. The number of aryl methyl sites for hydroxylation is 1. The minimum atomic E-state index is -0.526. The molecular formula is C19H26FN5O. The molecule has 1 saturated heterocycles. The van der Waals surface area contributed by atoms with Crippen LogP contribution in [0.1, 0.15) is 48.3 Å². The third-order valence-corrected chi connectivity index (χ3v) is 4.88. The summed E-state index contributed by atoms with van der Waals surface area (Å²) in [5.41, 5.74) is 7.52. The first-order valence-corrected chi connectivity index (χ1v) is 8.99. The van der Waals surface area contributed by atoms with Crippen LogP contribution in [0.3, 0.4) is 0 Å². The molecule has 26 heavy (non-hydrogen) atoms. The number of rotatable bonds is 4. The van der Waals surface area contributed by atoms with Crippen LogP contribution in [-0.2, 0) is 12.1 Å². The van der Waals surface area contributed by atoms with E-state index in [4.69, 9.17) is 5.73 Å². The number of likely N-dealkylation sites (tertiary alicyclic amines) is 1. The molecule has 1 amide bonds. The number of amides is 1. The van der Waals surface area contributed by atoms with Crippen molar-refractivity contribution in [3.8, 4) is 0 Å². The van der Waals surface area contributed by atoms with E-state index in [1.165, 1.54) is 12.1 Å². The first-order valence-electron chi connectivity index (χ1n) is 8.99. The zero-order chi connectivity index (χ0) is 18.9. The maximum Gasteiger partial charge on any atom is 0.254 e. The molecule has 1 aromatic carbocycles. The molecule has 1 unspecified atom stereocenters. The van der Waals surface area contributed by atoms with Crippen molar-refractivity contribution in [2.45, 2.75) is 45.7 Å². The van der Waals surface area contributed by atoms with E-state index < -0.39 is 5.54 Å². The molecular weight excluding hydrogens is 333 g/mol. The van der Waals surface area contributed by atoms with Gasteiger partial charge in [0.25, 0.3) is 5.91 Å². The lowest BCUT2D eigenvalue weighted by Crippen LogP contribution is -2.41. The van der Waals surface area contributed by atoms with Crippen molar-refractivity contribution >= 4 is 5.91 Å². The monoisotopic (exact) mass is 359 g/mol. The number of aromatic nitrogens is 3. The number of nitrogens with two attached hydrogens (primary N) is 1. The van der Waals surface area contributed by atoms with Crippen LogP contribution >= 0.6 is 0 Å². The second-order valence-corrected chi connectivity index (χ2v) is 7.77. The quantitative estimate of drug-likeness (QED) is 0.910. The predicted molar refractivity (Wildman–Crippen MR) is 97.0 cm³/mol. The predicted octanol–water partition coefficient (Wildman–Crippen LogP) is 2.47. The maximum absolute atomic E-state index is 13.5. The van der Waals surface area contributed by atoms with E-state index in [1.54, 1.807) is 10.7 Å². The molecule has 6 nitrogen and oxygen atoms in total. The smallest absolute Gasteiger partial charge is 0.254 e. The summed E-state index contributed by atoms with van der Waals surface area (Å²) in [6.07, 6.45) is 3.82. The van der Waals surface area contributed by atoms with Crippen LogP contribution < -0.4 is 5.73 Å². The van der Waals surface area contributed by atoms with E-state index in [1.807, 2.05) is 31.9 Å². The highest BCUT2D eigenvalue weighted by Crippen LogP contribution is 2.22. The Bertz CT molecular complexity index is 795. The van der Waals surface area contributed by atoms with Gasteiger partial charge in [0.05, 0.1) is 11.7 Å². The Hall–Kier alpha value is -2.28. The Balaban J connectivity index is 1.68. The lowest BCUT2D eigenvalue weighted by molar-refractivity contribution is 0.0658. The number of carbonyl (C=O) groups excluding carboxylic acids is 1. The van der Waals surface area contributed by atoms with E-state index in [-0.39, 0.29) is 17.6 Å². The molecule has 2 aromatic rings. The van der Waals surface area contributed by atoms with Crippen LogP contribution in [0, 0.1) is 18.7 Å². The molecule has 0 saturated carbocycles. The average Bonchev–Trinajstić information content (AvgIpc) is 3.05. The summed E-state index contributed by atoms with van der Waals surface area (Å²) in [4.78, 5) is 14.6. The summed E-state index contributed by atoms with van der Waals surface area (Å²) in [6.45, 7) is 7.64. The van der Waals surface area contributed by atoms with Gasteiger partial charge in [-0.15, -0.1) is 5.10 Å². The zero-order valence-corrected chi connectivity index (χ0v) is 15.6. The van der Waals surface area contributed by atoms with Gasteiger partial charge in [-0.05, 0) is 57.2 Å². The normalized spacial score (nSPS) is 18.2. The van der Waals surface area contributed by atoms with E-state index in [0.29, 0.717) is 25.2 Å². The summed E-state index contributed by atoms with van der Waals surface area (Å²) in [7, 11) is 0. The van der Waals surface area contributed by atoms with Gasteiger partial charge in [0.15, 0.2) is 0 Å². The Labute approximate surface area is 153 Å². The molecule has 2 N–H and O–H groups in total. The Morgan fingerprint density at radius 1 is 1.42 bits per heavy atom. The van der Waals surface area contributed by atoms with Gasteiger partial charge in [-0.1, -0.05) is 11.3 Å². The highest BCUT2D eigenvalue weighted by atomic mass is 19.1. The van der Waals surface area contributed by atoms with Crippen molar-refractivity contribution in [1.82, 2.24) is 19.9 Å². The van der Waals surface area contributed by atoms with Crippen molar-refractivity contribution in [3.63, 3.8) is 0 Å². The van der Waals surface area contributed by atoms with E-state index >= 15 is 0 Å². The van der Waals surface area contributed by atoms with Crippen molar-refractivity contribution in [3.05, 3.63) is 47.0 Å². The van der Waals surface area contributed by atoms with Gasteiger partial charge in [0.2, 0.25) is 0 Å². The average molecular weight is 359 g/mol. The molecule has 0 radical (unpaired) electrons. The summed E-state index contributed by atoms with van der Waals surface area (Å²) in [5, 5.41) is 8.31. The van der Waals surface area contributed by atoms with Gasteiger partial charge in [-0.25, -0.2) is 4.39 Å². The molecule has 3 rings (SSSR count). The molecule has 140 valence electrons. The molecule has 0 aliphatic carbocycles. The van der Waals surface area contributed by atoms with Gasteiger partial charge < -0.3 is 10.6 Å². The fraction of sp³-hybridized carbons (Fsp3) is 0.526. The largest absolute Gasteiger partial charge is 0.338 e. The fourth-order valence-electron chi connectivity index (χ4n) is 3.34. The lowest BCUT2D eigenvalue weighted by Gasteiger charge is -2.33. The Morgan fingerprint density at radius 3 is 2.88 bits per heavy atom. The molecule has 1 atom stereocenters. The van der Waals surface area contributed by atoms with Crippen LogP contribution in [0.15, 0.2) is 24.4 Å². The maximum atomic E-state index is 13.5. The number of piperidine rings is 1. The molecule has 0 spiro atoms. The number of hydrogen-bond donors (Lipinski definition) is 1. The topological polar surface area (TPSA) is 77.0 Å². The highest BCUT2D eigenvalue weighted by Gasteiger charge is 2.27. The van der Waals surface area contributed by atoms with Crippen LogP contribution in [0.25, 0.3) is 0 Å². The number of nitrogens with zero attached hydrogens (tertiary/aromatic N) is 4. The summed E-state index contributed by atoms with van der Waals surface area (Å²) in [6, 6.07) is 4.36. The van der Waals surface area contributed by atoms with Gasteiger partial charge in [-0.3, -0.25) is 9.48 Å². The number of carbonyl (C=O) groups is 1. The Morgan fingerprint density at radius 2 is 2.19 bits per heavy atom. The van der Waals surface area contributed by atoms with Crippen molar-refractivity contribution in [2.24, 2.45) is 11.7 Å². The number of hydrogen-bond acceptors (Lipinski definition) is 4. The molecule has 0 bridgehead atoms. The molecule has 7 heteroatoms. The van der Waals surface area contributed by atoms with Crippen LogP contribution in [0.4, 0.5) is 4.39 Å². The molecule has 1 fully saturated rings.